The number of unbranched alkanes of at least 4 members (excludes halogenated alkanes) is 10. The lowest BCUT2D eigenvalue weighted by Gasteiger charge is -2.07. The van der Waals surface area contributed by atoms with Crippen LogP contribution in [0.1, 0.15) is 101 Å². The van der Waals surface area contributed by atoms with Gasteiger partial charge in [-0.05, 0) is 131 Å². The quantitative estimate of drug-likeness (QED) is 0.0609. The van der Waals surface area contributed by atoms with Crippen molar-refractivity contribution < 1.29 is 0 Å². The van der Waals surface area contributed by atoms with Gasteiger partial charge in [0, 0.05) is 39.0 Å². The first kappa shape index (κ1) is 35.4. The second-order valence-corrected chi connectivity index (χ2v) is 18.4. The molecule has 4 heteroatoms. The van der Waals surface area contributed by atoms with Crippen LogP contribution >= 0.6 is 45.3 Å². The van der Waals surface area contributed by atoms with Gasteiger partial charge in [-0.1, -0.05) is 102 Å². The van der Waals surface area contributed by atoms with E-state index in [1.165, 1.54) is 162 Å². The minimum atomic E-state index is 1.22. The van der Waals surface area contributed by atoms with Crippen LogP contribution in [-0.2, 0) is 12.8 Å². The zero-order valence-electron chi connectivity index (χ0n) is 29.8. The summed E-state index contributed by atoms with van der Waals surface area (Å²) in [5.74, 6) is 0. The van der Waals surface area contributed by atoms with Crippen LogP contribution in [0.5, 0.6) is 0 Å². The first-order chi connectivity index (χ1) is 24.7. The Kier molecular flexibility index (Phi) is 12.4. The number of aryl methyl sites for hydroxylation is 2. The Morgan fingerprint density at radius 2 is 0.700 bits per heavy atom. The molecular formula is C46H50S4. The van der Waals surface area contributed by atoms with E-state index in [-0.39, 0.29) is 0 Å². The second kappa shape index (κ2) is 17.5. The van der Waals surface area contributed by atoms with Crippen molar-refractivity contribution in [3.63, 3.8) is 0 Å². The maximum Gasteiger partial charge on any atom is 0.0449 e. The van der Waals surface area contributed by atoms with Crippen LogP contribution in [0.15, 0.2) is 97.1 Å². The molecule has 0 aliphatic carbocycles. The number of thiophene rings is 4. The average molecular weight is 731 g/mol. The third kappa shape index (κ3) is 8.88. The molecule has 4 aromatic heterocycles. The highest BCUT2D eigenvalue weighted by Gasteiger charge is 2.12. The lowest BCUT2D eigenvalue weighted by Crippen LogP contribution is -1.82. The van der Waals surface area contributed by atoms with Crippen molar-refractivity contribution >= 4 is 66.9 Å². The predicted octanol–water partition coefficient (Wildman–Crippen LogP) is 16.7. The Bertz CT molecular complexity index is 1960. The third-order valence-corrected chi connectivity index (χ3v) is 14.9. The molecule has 0 N–H and O–H groups in total. The summed E-state index contributed by atoms with van der Waals surface area (Å²) in [5, 5.41) is 5.22. The van der Waals surface area contributed by atoms with E-state index in [1.54, 1.807) is 0 Å². The molecule has 0 atom stereocenters. The van der Waals surface area contributed by atoms with E-state index in [4.69, 9.17) is 0 Å². The number of rotatable bonds is 18. The normalized spacial score (nSPS) is 11.7. The third-order valence-electron chi connectivity index (χ3n) is 9.94. The zero-order chi connectivity index (χ0) is 34.1. The van der Waals surface area contributed by atoms with Gasteiger partial charge in [0.2, 0.25) is 0 Å². The van der Waals surface area contributed by atoms with Crippen LogP contribution in [-0.4, -0.2) is 0 Å². The van der Waals surface area contributed by atoms with E-state index in [9.17, 15) is 0 Å². The molecule has 0 radical (unpaired) electrons. The predicted molar refractivity (Wildman–Crippen MR) is 229 cm³/mol. The largest absolute Gasteiger partial charge is 0.139 e. The van der Waals surface area contributed by atoms with Gasteiger partial charge in [0.25, 0.3) is 0 Å². The maximum absolute atomic E-state index is 2.38. The van der Waals surface area contributed by atoms with E-state index in [0.717, 1.165) is 0 Å². The fourth-order valence-corrected chi connectivity index (χ4v) is 11.3. The molecule has 50 heavy (non-hydrogen) atoms. The highest BCUT2D eigenvalue weighted by atomic mass is 32.1. The number of benzene rings is 3. The summed E-state index contributed by atoms with van der Waals surface area (Å²) in [7, 11) is 0. The fraction of sp³-hybridized carbons (Fsp3) is 0.348. The van der Waals surface area contributed by atoms with Crippen LogP contribution < -0.4 is 0 Å². The topological polar surface area (TPSA) is 0 Å². The van der Waals surface area contributed by atoms with E-state index in [1.807, 2.05) is 45.3 Å². The Morgan fingerprint density at radius 3 is 1.16 bits per heavy atom. The summed E-state index contributed by atoms with van der Waals surface area (Å²) in [6, 6.07) is 37.4. The summed E-state index contributed by atoms with van der Waals surface area (Å²) in [6.07, 6.45) is 18.8. The fourth-order valence-electron chi connectivity index (χ4n) is 7.00. The monoisotopic (exact) mass is 730 g/mol. The molecule has 0 saturated carbocycles. The van der Waals surface area contributed by atoms with Gasteiger partial charge in [-0.15, -0.1) is 45.3 Å². The van der Waals surface area contributed by atoms with Gasteiger partial charge in [0.15, 0.2) is 0 Å². The van der Waals surface area contributed by atoms with E-state index < -0.39 is 0 Å². The van der Waals surface area contributed by atoms with Gasteiger partial charge < -0.3 is 0 Å². The highest BCUT2D eigenvalue weighted by molar-refractivity contribution is 7.24. The number of hydrogen-bond acceptors (Lipinski definition) is 4. The first-order valence-electron chi connectivity index (χ1n) is 19.0. The van der Waals surface area contributed by atoms with Gasteiger partial charge in [0.05, 0.1) is 0 Å². The zero-order valence-corrected chi connectivity index (χ0v) is 33.0. The maximum atomic E-state index is 2.38. The van der Waals surface area contributed by atoms with Crippen LogP contribution in [0.4, 0.5) is 0 Å². The SMILES string of the molecule is CCCCCCCCc1ccc(-c2ccc(-c3ccc4cc5cc(-c6ccc(-c7ccc(CCCCCCCC)s7)s6)ccc5cc4c3)s2)s1. The standard InChI is InChI=1S/C46H50S4/c1-3-5-7-9-11-13-15-39-21-23-43(47-39)45-27-25-41(49-45)35-19-17-33-30-38-32-36(20-18-34(38)29-37(33)31-35)42-26-28-46(50-42)44-24-22-40(48-44)16-14-12-10-8-6-4-2/h17-32H,3-16H2,1-2H3. The summed E-state index contributed by atoms with van der Waals surface area (Å²) in [4.78, 5) is 11.3. The van der Waals surface area contributed by atoms with Gasteiger partial charge in [0.1, 0.15) is 0 Å². The van der Waals surface area contributed by atoms with Crippen molar-refractivity contribution in [2.75, 3.05) is 0 Å². The molecule has 0 fully saturated rings. The lowest BCUT2D eigenvalue weighted by molar-refractivity contribution is 0.609. The van der Waals surface area contributed by atoms with E-state index in [0.29, 0.717) is 0 Å². The molecule has 7 aromatic rings. The summed E-state index contributed by atoms with van der Waals surface area (Å²) < 4.78 is 0. The molecule has 0 unspecified atom stereocenters. The molecule has 0 saturated heterocycles. The molecular weight excluding hydrogens is 681 g/mol. The van der Waals surface area contributed by atoms with Crippen molar-refractivity contribution in [3.8, 4) is 40.4 Å². The lowest BCUT2D eigenvalue weighted by atomic mass is 9.99. The Hall–Kier alpha value is -3.02. The number of hydrogen-bond donors (Lipinski definition) is 0. The van der Waals surface area contributed by atoms with Crippen molar-refractivity contribution in [2.45, 2.75) is 104 Å². The Labute approximate surface area is 315 Å². The summed E-state index contributed by atoms with van der Waals surface area (Å²) in [6.45, 7) is 4.58. The second-order valence-electron chi connectivity index (χ2n) is 13.9. The molecule has 0 amide bonds. The Balaban J connectivity index is 1.00. The first-order valence-corrected chi connectivity index (χ1v) is 22.3. The van der Waals surface area contributed by atoms with Crippen molar-refractivity contribution in [2.24, 2.45) is 0 Å². The molecule has 4 heterocycles. The number of fused-ring (bicyclic) bond motifs is 2. The average Bonchev–Trinajstić information content (AvgIpc) is 3.97. The summed E-state index contributed by atoms with van der Waals surface area (Å²) >= 11 is 7.81. The van der Waals surface area contributed by atoms with Crippen molar-refractivity contribution in [1.29, 1.82) is 0 Å². The minimum absolute atomic E-state index is 1.22. The van der Waals surface area contributed by atoms with Gasteiger partial charge in [-0.25, -0.2) is 0 Å². The van der Waals surface area contributed by atoms with Gasteiger partial charge in [-0.3, -0.25) is 0 Å². The van der Waals surface area contributed by atoms with Crippen LogP contribution in [0.25, 0.3) is 61.9 Å². The smallest absolute Gasteiger partial charge is 0.0449 e. The summed E-state index contributed by atoms with van der Waals surface area (Å²) in [5.41, 5.74) is 2.62. The van der Waals surface area contributed by atoms with E-state index >= 15 is 0 Å². The molecule has 0 spiro atoms. The van der Waals surface area contributed by atoms with Crippen molar-refractivity contribution in [1.82, 2.24) is 0 Å². The van der Waals surface area contributed by atoms with Gasteiger partial charge in [-0.2, -0.15) is 0 Å². The molecule has 0 aliphatic heterocycles. The highest BCUT2D eigenvalue weighted by Crippen LogP contribution is 2.41. The molecule has 0 nitrogen and oxygen atoms in total. The van der Waals surface area contributed by atoms with Crippen LogP contribution in [0.2, 0.25) is 0 Å². The Morgan fingerprint density at radius 1 is 0.320 bits per heavy atom. The van der Waals surface area contributed by atoms with Gasteiger partial charge >= 0.3 is 0 Å². The molecule has 258 valence electrons. The minimum Gasteiger partial charge on any atom is -0.139 e. The van der Waals surface area contributed by atoms with E-state index in [2.05, 4.69) is 111 Å². The molecule has 0 aliphatic rings. The van der Waals surface area contributed by atoms with Crippen molar-refractivity contribution in [3.05, 3.63) is 107 Å². The molecule has 7 rings (SSSR count). The van der Waals surface area contributed by atoms with Crippen LogP contribution in [0.3, 0.4) is 0 Å². The molecule has 0 bridgehead atoms. The molecule has 3 aromatic carbocycles. The van der Waals surface area contributed by atoms with Crippen LogP contribution in [0, 0.1) is 0 Å².